The van der Waals surface area contributed by atoms with Gasteiger partial charge in [-0.25, -0.2) is 9.00 Å². The molecule has 0 heterocycles. The quantitative estimate of drug-likeness (QED) is 0.0282. The van der Waals surface area contributed by atoms with Gasteiger partial charge in [-0.2, -0.15) is 0 Å². The molecule has 0 aliphatic carbocycles. The lowest BCUT2D eigenvalue weighted by molar-refractivity contribution is 0.0734. The minimum absolute atomic E-state index is 0.414. The molecule has 5 nitrogen and oxygen atoms in total. The molecule has 0 N–H and O–H groups in total. The van der Waals surface area contributed by atoms with Gasteiger partial charge in [0.25, 0.3) is 0 Å². The van der Waals surface area contributed by atoms with Crippen molar-refractivity contribution in [1.29, 1.82) is 0 Å². The molecule has 0 amide bonds. The monoisotopic (exact) mass is 770 g/mol. The van der Waals surface area contributed by atoms with E-state index in [-0.39, 0.29) is 0 Å². The Kier molecular flexibility index (Phi) is 25.7. The Balaban J connectivity index is 1.23. The van der Waals surface area contributed by atoms with Gasteiger partial charge in [0.1, 0.15) is 11.5 Å². The van der Waals surface area contributed by atoms with Gasteiger partial charge in [0.2, 0.25) is 0 Å². The third-order valence-corrected chi connectivity index (χ3v) is 11.0. The Morgan fingerprint density at radius 2 is 0.855 bits per heavy atom. The first-order valence-corrected chi connectivity index (χ1v) is 22.9. The van der Waals surface area contributed by atoms with E-state index < -0.39 is 17.0 Å². The highest BCUT2D eigenvalue weighted by molar-refractivity contribution is 7.80. The molecule has 1 atom stereocenters. The van der Waals surface area contributed by atoms with Gasteiger partial charge in [0, 0.05) is 11.1 Å². The number of unbranched alkanes of at least 4 members (excludes halogenated alkanes) is 22. The summed E-state index contributed by atoms with van der Waals surface area (Å²) in [6, 6.07) is 21.6. The molecule has 0 saturated carbocycles. The van der Waals surface area contributed by atoms with E-state index in [2.05, 4.69) is 25.7 Å². The first-order valence-electron chi connectivity index (χ1n) is 21.8. The molecule has 0 aliphatic rings. The molecule has 302 valence electrons. The van der Waals surface area contributed by atoms with Gasteiger partial charge in [-0.05, 0) is 85.6 Å². The third kappa shape index (κ3) is 22.1. The van der Waals surface area contributed by atoms with Crippen LogP contribution in [0.15, 0.2) is 77.7 Å². The molecule has 0 fully saturated rings. The highest BCUT2D eigenvalue weighted by Gasteiger charge is 2.09. The Morgan fingerprint density at radius 1 is 0.473 bits per heavy atom. The molecular formula is C49H70O5S. The number of carbonyl (C=O) groups is 1. The summed E-state index contributed by atoms with van der Waals surface area (Å²) in [5, 5.41) is 0. The molecule has 0 aromatic heterocycles. The Bertz CT molecular complexity index is 1490. The van der Waals surface area contributed by atoms with Crippen molar-refractivity contribution in [1.82, 2.24) is 0 Å². The van der Waals surface area contributed by atoms with Gasteiger partial charge in [-0.1, -0.05) is 167 Å². The average Bonchev–Trinajstić information content (AvgIpc) is 3.21. The van der Waals surface area contributed by atoms with Crippen LogP contribution in [0.4, 0.5) is 0 Å². The number of hydrogen-bond donors (Lipinski definition) is 0. The van der Waals surface area contributed by atoms with Crippen molar-refractivity contribution >= 4 is 17.0 Å². The van der Waals surface area contributed by atoms with E-state index in [9.17, 15) is 9.00 Å². The van der Waals surface area contributed by atoms with Crippen molar-refractivity contribution in [3.63, 3.8) is 0 Å². The summed E-state index contributed by atoms with van der Waals surface area (Å²) in [6.07, 6.45) is 31.4. The maximum Gasteiger partial charge on any atom is 0.343 e. The number of ether oxygens (including phenoxy) is 2. The minimum atomic E-state index is -1.47. The Labute approximate surface area is 337 Å². The summed E-state index contributed by atoms with van der Waals surface area (Å²) in [7, 11) is 0. The number of benzene rings is 3. The Morgan fingerprint density at radius 3 is 1.31 bits per heavy atom. The standard InChI is InChI=1S/C49H70O5S/c1-3-5-7-9-11-13-14-15-16-17-18-19-20-21-23-25-41-52-46-37-33-45(34-38-46)49(50)54-47-35-29-43(30-36-47)27-28-44-31-39-48(40-32-44)55(51)53-42-26-24-22-12-10-8-6-4-2/h29-40H,3-26,41-42H2,1-2H3. The molecule has 0 bridgehead atoms. The van der Waals surface area contributed by atoms with Crippen LogP contribution in [0.25, 0.3) is 0 Å². The van der Waals surface area contributed by atoms with E-state index >= 15 is 0 Å². The lowest BCUT2D eigenvalue weighted by Crippen LogP contribution is -2.08. The van der Waals surface area contributed by atoms with E-state index in [1.54, 1.807) is 36.4 Å². The number of rotatable bonds is 31. The minimum Gasteiger partial charge on any atom is -0.494 e. The highest BCUT2D eigenvalue weighted by Crippen LogP contribution is 2.19. The molecule has 0 spiro atoms. The van der Waals surface area contributed by atoms with Crippen LogP contribution < -0.4 is 9.47 Å². The van der Waals surface area contributed by atoms with Gasteiger partial charge >= 0.3 is 5.97 Å². The van der Waals surface area contributed by atoms with Gasteiger partial charge in [-0.3, -0.25) is 4.18 Å². The summed E-state index contributed by atoms with van der Waals surface area (Å²) in [6.45, 7) is 5.72. The summed E-state index contributed by atoms with van der Waals surface area (Å²) in [5.41, 5.74) is 2.09. The van der Waals surface area contributed by atoms with E-state index in [1.165, 1.54) is 135 Å². The second kappa shape index (κ2) is 30.8. The number of esters is 1. The fourth-order valence-corrected chi connectivity index (χ4v) is 7.30. The average molecular weight is 771 g/mol. The van der Waals surface area contributed by atoms with Crippen LogP contribution in [-0.4, -0.2) is 23.4 Å². The zero-order valence-electron chi connectivity index (χ0n) is 34.3. The van der Waals surface area contributed by atoms with Crippen molar-refractivity contribution in [3.05, 3.63) is 89.5 Å². The zero-order chi connectivity index (χ0) is 39.0. The van der Waals surface area contributed by atoms with E-state index in [1.807, 2.05) is 36.4 Å². The van der Waals surface area contributed by atoms with E-state index in [4.69, 9.17) is 13.7 Å². The predicted octanol–water partition coefficient (Wildman–Crippen LogP) is 14.1. The first-order chi connectivity index (χ1) is 27.1. The molecular weight excluding hydrogens is 701 g/mol. The SMILES string of the molecule is CCCCCCCCCCCCCCCCCCOc1ccc(C(=O)Oc2ccc(C#Cc3ccc(S(=O)OCCCCCCCCCC)cc3)cc2)cc1. The second-order valence-corrected chi connectivity index (χ2v) is 16.1. The largest absolute Gasteiger partial charge is 0.494 e. The van der Waals surface area contributed by atoms with Crippen molar-refractivity contribution in [2.45, 2.75) is 173 Å². The molecule has 0 aliphatic heterocycles. The van der Waals surface area contributed by atoms with Gasteiger partial charge in [0.05, 0.1) is 23.7 Å². The van der Waals surface area contributed by atoms with Crippen LogP contribution in [0.5, 0.6) is 11.5 Å². The number of carbonyl (C=O) groups excluding carboxylic acids is 1. The molecule has 3 rings (SSSR count). The number of hydrogen-bond acceptors (Lipinski definition) is 5. The molecule has 1 unspecified atom stereocenters. The first kappa shape index (κ1) is 46.0. The summed E-state index contributed by atoms with van der Waals surface area (Å²) in [5.74, 6) is 7.09. The van der Waals surface area contributed by atoms with Crippen molar-refractivity contribution < 1.29 is 22.7 Å². The lowest BCUT2D eigenvalue weighted by atomic mass is 10.0. The highest BCUT2D eigenvalue weighted by atomic mass is 32.2. The van der Waals surface area contributed by atoms with Gasteiger partial charge in [-0.15, -0.1) is 0 Å². The zero-order valence-corrected chi connectivity index (χ0v) is 35.1. The van der Waals surface area contributed by atoms with E-state index in [0.717, 1.165) is 36.1 Å². The van der Waals surface area contributed by atoms with Gasteiger partial charge < -0.3 is 9.47 Å². The third-order valence-electron chi connectivity index (χ3n) is 10.0. The van der Waals surface area contributed by atoms with Crippen LogP contribution in [0, 0.1) is 11.8 Å². The van der Waals surface area contributed by atoms with Crippen molar-refractivity contribution in [2.24, 2.45) is 0 Å². The van der Waals surface area contributed by atoms with Crippen LogP contribution in [0.2, 0.25) is 0 Å². The predicted molar refractivity (Wildman–Crippen MR) is 230 cm³/mol. The van der Waals surface area contributed by atoms with Gasteiger partial charge in [0.15, 0.2) is 11.1 Å². The van der Waals surface area contributed by atoms with Crippen LogP contribution in [0.3, 0.4) is 0 Å². The lowest BCUT2D eigenvalue weighted by Gasteiger charge is -2.08. The fourth-order valence-electron chi connectivity index (χ4n) is 6.53. The molecule has 6 heteroatoms. The van der Waals surface area contributed by atoms with Crippen LogP contribution in [0.1, 0.15) is 189 Å². The summed E-state index contributed by atoms with van der Waals surface area (Å²) in [4.78, 5) is 13.4. The Hall–Kier alpha value is -3.40. The maximum atomic E-state index is 12.7. The van der Waals surface area contributed by atoms with E-state index in [0.29, 0.717) is 29.4 Å². The fraction of sp³-hybridized carbons (Fsp3) is 0.571. The maximum absolute atomic E-state index is 12.7. The van der Waals surface area contributed by atoms with Crippen LogP contribution >= 0.6 is 0 Å². The molecule has 55 heavy (non-hydrogen) atoms. The van der Waals surface area contributed by atoms with Crippen LogP contribution in [-0.2, 0) is 15.3 Å². The van der Waals surface area contributed by atoms with Crippen molar-refractivity contribution in [3.8, 4) is 23.3 Å². The topological polar surface area (TPSA) is 61.8 Å². The second-order valence-electron chi connectivity index (χ2n) is 14.9. The molecule has 0 radical (unpaired) electrons. The smallest absolute Gasteiger partial charge is 0.343 e. The molecule has 3 aromatic rings. The normalized spacial score (nSPS) is 11.5. The summed E-state index contributed by atoms with van der Waals surface area (Å²) < 4.78 is 29.6. The molecule has 3 aromatic carbocycles. The van der Waals surface area contributed by atoms with Crippen molar-refractivity contribution in [2.75, 3.05) is 13.2 Å². The molecule has 0 saturated heterocycles. The summed E-state index contributed by atoms with van der Waals surface area (Å²) >= 11 is -1.47.